The van der Waals surface area contributed by atoms with Gasteiger partial charge in [0.2, 0.25) is 10.0 Å². The minimum Gasteiger partial charge on any atom is -0.325 e. The summed E-state index contributed by atoms with van der Waals surface area (Å²) in [5.74, 6) is 0. The van der Waals surface area contributed by atoms with Crippen molar-refractivity contribution in [2.24, 2.45) is 0 Å². The molecule has 7 nitrogen and oxygen atoms in total. The third-order valence-electron chi connectivity index (χ3n) is 5.08. The van der Waals surface area contributed by atoms with E-state index in [1.54, 1.807) is 24.3 Å². The molecule has 0 atom stereocenters. The zero-order chi connectivity index (χ0) is 18.6. The number of likely N-dealkylation sites (N-methyl/N-ethyl adjacent to an activating group) is 1. The van der Waals surface area contributed by atoms with Crippen LogP contribution in [0.1, 0.15) is 25.7 Å². The maximum Gasteiger partial charge on any atom is 0.321 e. The topological polar surface area (TPSA) is 73.0 Å². The van der Waals surface area contributed by atoms with Crippen LogP contribution in [0.3, 0.4) is 0 Å². The Labute approximate surface area is 156 Å². The van der Waals surface area contributed by atoms with Gasteiger partial charge >= 0.3 is 6.03 Å². The van der Waals surface area contributed by atoms with Crippen LogP contribution in [0.15, 0.2) is 29.2 Å². The summed E-state index contributed by atoms with van der Waals surface area (Å²) in [6.45, 7) is 3.94. The monoisotopic (exact) mass is 380 g/mol. The Bertz CT molecular complexity index is 722. The molecule has 2 aliphatic rings. The van der Waals surface area contributed by atoms with E-state index < -0.39 is 10.0 Å². The molecule has 0 aromatic heterocycles. The van der Waals surface area contributed by atoms with Gasteiger partial charge in [0.25, 0.3) is 0 Å². The van der Waals surface area contributed by atoms with E-state index in [9.17, 15) is 13.2 Å². The van der Waals surface area contributed by atoms with Gasteiger partial charge in [-0.2, -0.15) is 4.31 Å². The van der Waals surface area contributed by atoms with Gasteiger partial charge in [-0.15, -0.1) is 0 Å². The highest BCUT2D eigenvalue weighted by Crippen LogP contribution is 2.21. The summed E-state index contributed by atoms with van der Waals surface area (Å²) in [5, 5.41) is 2.86. The van der Waals surface area contributed by atoms with Crippen LogP contribution in [0.5, 0.6) is 0 Å². The number of amides is 2. The number of piperazine rings is 1. The fraction of sp³-hybridized carbons (Fsp3) is 0.611. The van der Waals surface area contributed by atoms with Crippen LogP contribution in [0.4, 0.5) is 10.5 Å². The Morgan fingerprint density at radius 3 is 2.27 bits per heavy atom. The first kappa shape index (κ1) is 19.1. The number of carbonyl (C=O) groups is 1. The van der Waals surface area contributed by atoms with Crippen molar-refractivity contribution >= 4 is 21.7 Å². The first-order valence-electron chi connectivity index (χ1n) is 9.31. The summed E-state index contributed by atoms with van der Waals surface area (Å²) in [4.78, 5) is 16.6. The Hall–Kier alpha value is -1.64. The van der Waals surface area contributed by atoms with E-state index >= 15 is 0 Å². The lowest BCUT2D eigenvalue weighted by Crippen LogP contribution is -2.47. The molecule has 0 aliphatic carbocycles. The van der Waals surface area contributed by atoms with Gasteiger partial charge in [0.05, 0.1) is 4.90 Å². The summed E-state index contributed by atoms with van der Waals surface area (Å²) in [7, 11) is -1.54. The molecule has 26 heavy (non-hydrogen) atoms. The first-order chi connectivity index (χ1) is 12.5. The van der Waals surface area contributed by atoms with E-state index in [4.69, 9.17) is 0 Å². The van der Waals surface area contributed by atoms with E-state index in [1.165, 1.54) is 4.31 Å². The third-order valence-corrected chi connectivity index (χ3v) is 6.97. The highest BCUT2D eigenvalue weighted by molar-refractivity contribution is 7.89. The van der Waals surface area contributed by atoms with Crippen LogP contribution in [-0.2, 0) is 10.0 Å². The van der Waals surface area contributed by atoms with Crippen LogP contribution < -0.4 is 5.32 Å². The molecule has 144 valence electrons. The fourth-order valence-electron chi connectivity index (χ4n) is 3.39. The van der Waals surface area contributed by atoms with E-state index in [-0.39, 0.29) is 10.9 Å². The molecule has 0 saturated carbocycles. The summed E-state index contributed by atoms with van der Waals surface area (Å²) >= 11 is 0. The standard InChI is InChI=1S/C18H28N4O3S/c1-20-11-13-22(14-12-20)26(24,25)17-8-6-7-16(15-17)19-18(23)21-9-4-2-3-5-10-21/h6-8,15H,2-5,9-14H2,1H3,(H,19,23). The van der Waals surface area contributed by atoms with E-state index in [1.807, 2.05) is 11.9 Å². The second-order valence-electron chi connectivity index (χ2n) is 7.07. The third kappa shape index (κ3) is 4.55. The van der Waals surface area contributed by atoms with Crippen molar-refractivity contribution in [3.63, 3.8) is 0 Å². The summed E-state index contributed by atoms with van der Waals surface area (Å²) in [6, 6.07) is 6.42. The normalized spacial score (nSPS) is 20.6. The summed E-state index contributed by atoms with van der Waals surface area (Å²) < 4.78 is 27.2. The number of sulfonamides is 1. The van der Waals surface area contributed by atoms with Gasteiger partial charge in [-0.1, -0.05) is 18.9 Å². The van der Waals surface area contributed by atoms with Crippen LogP contribution in [0.25, 0.3) is 0 Å². The number of anilines is 1. The number of urea groups is 1. The van der Waals surface area contributed by atoms with Crippen molar-refractivity contribution < 1.29 is 13.2 Å². The number of benzene rings is 1. The molecule has 1 N–H and O–H groups in total. The molecule has 1 aromatic rings. The van der Waals surface area contributed by atoms with Gasteiger partial charge in [-0.3, -0.25) is 0 Å². The maximum absolute atomic E-state index is 12.9. The molecule has 1 aromatic carbocycles. The molecule has 0 spiro atoms. The van der Waals surface area contributed by atoms with Crippen molar-refractivity contribution in [1.29, 1.82) is 0 Å². The molecule has 2 heterocycles. The first-order valence-corrected chi connectivity index (χ1v) is 10.8. The average Bonchev–Trinajstić information content (AvgIpc) is 2.92. The van der Waals surface area contributed by atoms with Gasteiger partial charge < -0.3 is 15.1 Å². The lowest BCUT2D eigenvalue weighted by Gasteiger charge is -2.31. The molecule has 2 aliphatic heterocycles. The molecular weight excluding hydrogens is 352 g/mol. The van der Waals surface area contributed by atoms with Gasteiger partial charge in [-0.25, -0.2) is 13.2 Å². The Morgan fingerprint density at radius 2 is 1.62 bits per heavy atom. The molecule has 3 rings (SSSR count). The van der Waals surface area contributed by atoms with Gasteiger partial charge in [-0.05, 0) is 38.1 Å². The molecule has 2 amide bonds. The number of hydrogen-bond donors (Lipinski definition) is 1. The average molecular weight is 381 g/mol. The van der Waals surface area contributed by atoms with E-state index in [0.717, 1.165) is 51.9 Å². The quantitative estimate of drug-likeness (QED) is 0.871. The summed E-state index contributed by atoms with van der Waals surface area (Å²) in [6.07, 6.45) is 4.35. The smallest absolute Gasteiger partial charge is 0.321 e. The minimum atomic E-state index is -3.53. The summed E-state index contributed by atoms with van der Waals surface area (Å²) in [5.41, 5.74) is 0.523. The predicted molar refractivity (Wildman–Crippen MR) is 102 cm³/mol. The van der Waals surface area contributed by atoms with E-state index in [2.05, 4.69) is 10.2 Å². The number of carbonyl (C=O) groups excluding carboxylic acids is 1. The molecule has 2 saturated heterocycles. The number of nitrogens with zero attached hydrogens (tertiary/aromatic N) is 3. The lowest BCUT2D eigenvalue weighted by molar-refractivity contribution is 0.213. The van der Waals surface area contributed by atoms with Crippen LogP contribution >= 0.6 is 0 Å². The van der Waals surface area contributed by atoms with E-state index in [0.29, 0.717) is 18.8 Å². The highest BCUT2D eigenvalue weighted by atomic mass is 32.2. The van der Waals surface area contributed by atoms with Gasteiger partial charge in [0.1, 0.15) is 0 Å². The van der Waals surface area contributed by atoms with Crippen LogP contribution in [0.2, 0.25) is 0 Å². The van der Waals surface area contributed by atoms with Crippen LogP contribution in [-0.4, -0.2) is 74.9 Å². The Balaban J connectivity index is 1.70. The highest BCUT2D eigenvalue weighted by Gasteiger charge is 2.27. The zero-order valence-corrected chi connectivity index (χ0v) is 16.2. The number of hydrogen-bond acceptors (Lipinski definition) is 4. The Kier molecular flexibility index (Phi) is 6.16. The maximum atomic E-state index is 12.9. The molecule has 2 fully saturated rings. The van der Waals surface area contributed by atoms with Crippen molar-refractivity contribution in [3.05, 3.63) is 24.3 Å². The SMILES string of the molecule is CN1CCN(S(=O)(=O)c2cccc(NC(=O)N3CCCCCC3)c2)CC1. The van der Waals surface area contributed by atoms with Gasteiger partial charge in [0.15, 0.2) is 0 Å². The fourth-order valence-corrected chi connectivity index (χ4v) is 4.86. The molecule has 0 unspecified atom stereocenters. The Morgan fingerprint density at radius 1 is 0.962 bits per heavy atom. The van der Waals surface area contributed by atoms with Gasteiger partial charge in [0, 0.05) is 45.0 Å². The van der Waals surface area contributed by atoms with Crippen molar-refractivity contribution in [3.8, 4) is 0 Å². The van der Waals surface area contributed by atoms with Crippen LogP contribution in [0, 0.1) is 0 Å². The molecule has 8 heteroatoms. The number of likely N-dealkylation sites (tertiary alicyclic amines) is 1. The second kappa shape index (κ2) is 8.37. The molecule has 0 radical (unpaired) electrons. The number of nitrogens with one attached hydrogen (secondary N) is 1. The van der Waals surface area contributed by atoms with Crippen molar-refractivity contribution in [2.75, 3.05) is 51.6 Å². The number of rotatable bonds is 3. The largest absolute Gasteiger partial charge is 0.325 e. The molecule has 0 bridgehead atoms. The second-order valence-corrected chi connectivity index (χ2v) is 9.00. The molecular formula is C18H28N4O3S. The lowest BCUT2D eigenvalue weighted by atomic mass is 10.2. The van der Waals surface area contributed by atoms with Crippen molar-refractivity contribution in [2.45, 2.75) is 30.6 Å². The minimum absolute atomic E-state index is 0.152. The van der Waals surface area contributed by atoms with Crippen molar-refractivity contribution in [1.82, 2.24) is 14.1 Å². The zero-order valence-electron chi connectivity index (χ0n) is 15.4. The predicted octanol–water partition coefficient (Wildman–Crippen LogP) is 2.03.